The molecule has 0 unspecified atom stereocenters. The molecule has 16 heavy (non-hydrogen) atoms. The molecule has 3 aromatic heterocycles. The number of nitrogens with one attached hydrogen (secondary N) is 2. The lowest BCUT2D eigenvalue weighted by Crippen LogP contribution is -1.83. The largest absolute Gasteiger partial charge is 0.266 e. The highest BCUT2D eigenvalue weighted by atomic mass is 15.3. The van der Waals surface area contributed by atoms with E-state index < -0.39 is 0 Å². The maximum atomic E-state index is 3.72. The Hall–Kier alpha value is -2.58. The van der Waals surface area contributed by atoms with Gasteiger partial charge in [0.1, 0.15) is 25.3 Å². The minimum atomic E-state index is 1.44. The van der Waals surface area contributed by atoms with Gasteiger partial charge in [-0.05, 0) is 0 Å². The van der Waals surface area contributed by atoms with E-state index in [4.69, 9.17) is 0 Å². The molecule has 3 aromatic rings. The van der Waals surface area contributed by atoms with Crippen molar-refractivity contribution >= 4 is 0 Å². The van der Waals surface area contributed by atoms with Crippen LogP contribution in [0.5, 0.6) is 0 Å². The lowest BCUT2D eigenvalue weighted by Gasteiger charge is -1.74. The Kier molecular flexibility index (Phi) is 5.60. The van der Waals surface area contributed by atoms with Crippen LogP contribution in [-0.4, -0.2) is 45.4 Å². The number of hydrogen-bond acceptors (Lipinski definition) is 6. The Morgan fingerprint density at radius 2 is 2.06 bits per heavy atom. The molecule has 84 valence electrons. The topological polar surface area (TPSA) is 114 Å². The molecule has 0 saturated carbocycles. The Bertz CT molecular complexity index is 340. The van der Waals surface area contributed by atoms with Crippen molar-refractivity contribution in [2.24, 2.45) is 7.05 Å². The van der Waals surface area contributed by atoms with E-state index in [1.165, 1.54) is 19.0 Å². The summed E-state index contributed by atoms with van der Waals surface area (Å²) in [5.41, 5.74) is 0. The van der Waals surface area contributed by atoms with Gasteiger partial charge < -0.3 is 0 Å². The first-order valence-corrected chi connectivity index (χ1v) is 4.27. The lowest BCUT2D eigenvalue weighted by atomic mass is 11.0. The van der Waals surface area contributed by atoms with Crippen molar-refractivity contribution in [3.8, 4) is 0 Å². The van der Waals surface area contributed by atoms with Gasteiger partial charge in [-0.25, -0.2) is 9.97 Å². The minimum Gasteiger partial charge on any atom is -0.266 e. The normalized spacial score (nSPS) is 8.31. The van der Waals surface area contributed by atoms with Gasteiger partial charge in [0.2, 0.25) is 0 Å². The van der Waals surface area contributed by atoms with E-state index in [1.54, 1.807) is 23.4 Å². The summed E-state index contributed by atoms with van der Waals surface area (Å²) < 4.78 is 1.64. The summed E-state index contributed by atoms with van der Waals surface area (Å²) in [4.78, 5) is 7.23. The smallest absolute Gasteiger partial charge is 0.137 e. The molecule has 0 amide bonds. The first-order chi connectivity index (χ1) is 7.89. The molecule has 0 spiro atoms. The van der Waals surface area contributed by atoms with E-state index in [1.807, 2.05) is 7.05 Å². The predicted molar refractivity (Wildman–Crippen MR) is 53.8 cm³/mol. The summed E-state index contributed by atoms with van der Waals surface area (Å²) in [6.07, 6.45) is 9.33. The predicted octanol–water partition coefficient (Wildman–Crippen LogP) is -0.576. The lowest BCUT2D eigenvalue weighted by molar-refractivity contribution is 0.765. The second kappa shape index (κ2) is 7.79. The molecule has 0 saturated heterocycles. The molecule has 9 heteroatoms. The molecule has 9 nitrogen and oxygen atoms in total. The van der Waals surface area contributed by atoms with Crippen molar-refractivity contribution in [1.29, 1.82) is 0 Å². The third-order valence-electron chi connectivity index (χ3n) is 1.20. The minimum absolute atomic E-state index is 1.44. The van der Waals surface area contributed by atoms with E-state index in [9.17, 15) is 0 Å². The molecule has 0 atom stereocenters. The standard InChI is InChI=1S/C3H5N3.2C2H3N3/c1-6-3-4-2-5-6;1-3-2-5-4-1;1-2-4-5-3-1/h2-3H,1H3;2*1-2H,(H,3,4,5). The van der Waals surface area contributed by atoms with E-state index in [-0.39, 0.29) is 0 Å². The zero-order valence-corrected chi connectivity index (χ0v) is 8.59. The van der Waals surface area contributed by atoms with Crippen molar-refractivity contribution in [2.75, 3.05) is 0 Å². The quantitative estimate of drug-likeness (QED) is 0.525. The van der Waals surface area contributed by atoms with Crippen molar-refractivity contribution in [2.45, 2.75) is 0 Å². The van der Waals surface area contributed by atoms with Crippen LogP contribution in [0.25, 0.3) is 0 Å². The molecule has 3 rings (SSSR count). The van der Waals surface area contributed by atoms with Crippen LogP contribution in [0.3, 0.4) is 0 Å². The highest BCUT2D eigenvalue weighted by Crippen LogP contribution is 1.64. The first kappa shape index (κ1) is 11.5. The van der Waals surface area contributed by atoms with Crippen molar-refractivity contribution in [1.82, 2.24) is 45.4 Å². The molecule has 3 heterocycles. The number of aryl methyl sites for hydroxylation is 1. The van der Waals surface area contributed by atoms with E-state index in [0.717, 1.165) is 0 Å². The zero-order chi connectivity index (χ0) is 11.5. The third kappa shape index (κ3) is 5.96. The van der Waals surface area contributed by atoms with Gasteiger partial charge in [-0.1, -0.05) is 5.21 Å². The first-order valence-electron chi connectivity index (χ1n) is 4.27. The Morgan fingerprint density at radius 1 is 1.12 bits per heavy atom. The molecule has 0 aromatic carbocycles. The van der Waals surface area contributed by atoms with Gasteiger partial charge in [-0.15, -0.1) is 5.10 Å². The second-order valence-corrected chi connectivity index (χ2v) is 2.38. The second-order valence-electron chi connectivity index (χ2n) is 2.38. The van der Waals surface area contributed by atoms with Gasteiger partial charge in [-0.2, -0.15) is 10.2 Å². The van der Waals surface area contributed by atoms with Crippen LogP contribution in [0.15, 0.2) is 37.7 Å². The number of aromatic nitrogens is 9. The van der Waals surface area contributed by atoms with Crippen molar-refractivity contribution in [3.63, 3.8) is 0 Å². The molecule has 0 aliphatic heterocycles. The summed E-state index contributed by atoms with van der Waals surface area (Å²) >= 11 is 0. The number of H-pyrrole nitrogens is 2. The van der Waals surface area contributed by atoms with Gasteiger partial charge in [0.15, 0.2) is 0 Å². The molecule has 0 fully saturated rings. The summed E-state index contributed by atoms with van der Waals surface area (Å²) in [6, 6.07) is 0. The fourth-order valence-corrected chi connectivity index (χ4v) is 0.601. The van der Waals surface area contributed by atoms with E-state index in [2.05, 4.69) is 40.7 Å². The molecule has 0 aliphatic carbocycles. The highest BCUT2D eigenvalue weighted by molar-refractivity contribution is 4.54. The van der Waals surface area contributed by atoms with Crippen LogP contribution >= 0.6 is 0 Å². The van der Waals surface area contributed by atoms with E-state index in [0.29, 0.717) is 0 Å². The van der Waals surface area contributed by atoms with Gasteiger partial charge in [0, 0.05) is 13.2 Å². The van der Waals surface area contributed by atoms with Crippen molar-refractivity contribution in [3.05, 3.63) is 37.7 Å². The molecule has 0 bridgehead atoms. The molecular formula is C7H11N9. The van der Waals surface area contributed by atoms with Gasteiger partial charge in [0.05, 0.1) is 6.20 Å². The van der Waals surface area contributed by atoms with Crippen molar-refractivity contribution < 1.29 is 0 Å². The average Bonchev–Trinajstić information content (AvgIpc) is 3.07. The Labute approximate surface area is 91.0 Å². The van der Waals surface area contributed by atoms with Crippen LogP contribution < -0.4 is 0 Å². The summed E-state index contributed by atoms with van der Waals surface area (Å²) in [7, 11) is 1.83. The third-order valence-corrected chi connectivity index (χ3v) is 1.20. The Balaban J connectivity index is 0.000000121. The maximum Gasteiger partial charge on any atom is 0.137 e. The number of hydrogen-bond donors (Lipinski definition) is 2. The van der Waals surface area contributed by atoms with Crippen LogP contribution in [0.1, 0.15) is 0 Å². The Morgan fingerprint density at radius 3 is 2.25 bits per heavy atom. The maximum absolute atomic E-state index is 3.72. The number of nitrogens with zero attached hydrogens (tertiary/aromatic N) is 7. The van der Waals surface area contributed by atoms with Gasteiger partial charge in [0.25, 0.3) is 0 Å². The SMILES string of the molecule is Cn1cncn1.c1c[nH]nn1.c1nc[nH]n1. The summed E-state index contributed by atoms with van der Waals surface area (Å²) in [5.74, 6) is 0. The van der Waals surface area contributed by atoms with Gasteiger partial charge >= 0.3 is 0 Å². The van der Waals surface area contributed by atoms with Crippen LogP contribution in [-0.2, 0) is 7.05 Å². The molecule has 0 radical (unpaired) electrons. The average molecular weight is 221 g/mol. The highest BCUT2D eigenvalue weighted by Gasteiger charge is 1.70. The number of rotatable bonds is 0. The monoisotopic (exact) mass is 221 g/mol. The van der Waals surface area contributed by atoms with E-state index >= 15 is 0 Å². The van der Waals surface area contributed by atoms with Gasteiger partial charge in [-0.3, -0.25) is 14.9 Å². The molecule has 2 N–H and O–H groups in total. The number of aromatic amines is 2. The van der Waals surface area contributed by atoms with Crippen LogP contribution in [0, 0.1) is 0 Å². The summed E-state index contributed by atoms with van der Waals surface area (Å²) in [5, 5.41) is 19.0. The summed E-state index contributed by atoms with van der Waals surface area (Å²) in [6.45, 7) is 0. The molecule has 0 aliphatic rings. The van der Waals surface area contributed by atoms with Crippen LogP contribution in [0.2, 0.25) is 0 Å². The zero-order valence-electron chi connectivity index (χ0n) is 8.59. The fourth-order valence-electron chi connectivity index (χ4n) is 0.601. The fraction of sp³-hybridized carbons (Fsp3) is 0.143. The van der Waals surface area contributed by atoms with Crippen LogP contribution in [0.4, 0.5) is 0 Å². The molecular weight excluding hydrogens is 210 g/mol.